The second-order valence-corrected chi connectivity index (χ2v) is 5.89. The highest BCUT2D eigenvalue weighted by molar-refractivity contribution is 5.97. The van der Waals surface area contributed by atoms with Crippen molar-refractivity contribution >= 4 is 18.3 Å². The molecule has 0 spiro atoms. The van der Waals surface area contributed by atoms with Crippen LogP contribution in [-0.4, -0.2) is 24.6 Å². The quantitative estimate of drug-likeness (QED) is 0.768. The van der Waals surface area contributed by atoms with Crippen molar-refractivity contribution < 1.29 is 22.7 Å². The van der Waals surface area contributed by atoms with E-state index >= 15 is 0 Å². The number of benzene rings is 1. The average molecular weight is 379 g/mol. The van der Waals surface area contributed by atoms with Crippen LogP contribution in [0.2, 0.25) is 0 Å². The van der Waals surface area contributed by atoms with Crippen molar-refractivity contribution in [1.29, 1.82) is 0 Å². The maximum atomic E-state index is 12.9. The van der Waals surface area contributed by atoms with Crippen LogP contribution in [0, 0.1) is 0 Å². The Morgan fingerprint density at radius 2 is 1.96 bits per heavy atom. The van der Waals surface area contributed by atoms with Crippen LogP contribution in [0.4, 0.5) is 13.2 Å². The first-order valence-corrected chi connectivity index (χ1v) is 7.82. The molecule has 0 radical (unpaired) electrons. The summed E-state index contributed by atoms with van der Waals surface area (Å²) < 4.78 is 44.1. The van der Waals surface area contributed by atoms with Crippen LogP contribution in [0.15, 0.2) is 30.9 Å². The molecule has 3 N–H and O–H groups in total. The Hall–Kier alpha value is -1.73. The molecule has 0 heterocycles. The summed E-state index contributed by atoms with van der Waals surface area (Å²) in [5, 5.41) is 2.78. The molecule has 0 atom stereocenters. The highest BCUT2D eigenvalue weighted by atomic mass is 35.5. The number of hydrogen-bond donors (Lipinski definition) is 2. The van der Waals surface area contributed by atoms with E-state index in [1.165, 1.54) is 6.08 Å². The molecule has 1 fully saturated rings. The molecule has 0 aliphatic heterocycles. The maximum Gasteiger partial charge on any atom is 0.416 e. The topological polar surface area (TPSA) is 64.3 Å². The Morgan fingerprint density at radius 3 is 2.52 bits per heavy atom. The summed E-state index contributed by atoms with van der Waals surface area (Å²) >= 11 is 0. The molecule has 8 heteroatoms. The number of amides is 1. The van der Waals surface area contributed by atoms with E-state index in [0.29, 0.717) is 12.8 Å². The van der Waals surface area contributed by atoms with E-state index in [-0.39, 0.29) is 42.4 Å². The summed E-state index contributed by atoms with van der Waals surface area (Å²) in [6, 6.07) is 2.92. The van der Waals surface area contributed by atoms with Crippen LogP contribution in [0.25, 0.3) is 0 Å². The van der Waals surface area contributed by atoms with Gasteiger partial charge in [-0.25, -0.2) is 0 Å². The molecule has 0 saturated heterocycles. The molecule has 2 rings (SSSR count). The zero-order chi connectivity index (χ0) is 17.7. The van der Waals surface area contributed by atoms with Gasteiger partial charge in [-0.15, -0.1) is 12.4 Å². The lowest BCUT2D eigenvalue weighted by atomic mass is 9.91. The van der Waals surface area contributed by atoms with E-state index in [2.05, 4.69) is 11.9 Å². The van der Waals surface area contributed by atoms with E-state index in [9.17, 15) is 18.0 Å². The van der Waals surface area contributed by atoms with Crippen LogP contribution in [0.5, 0.6) is 5.75 Å². The summed E-state index contributed by atoms with van der Waals surface area (Å²) in [7, 11) is 0. The molecule has 1 aliphatic carbocycles. The first-order chi connectivity index (χ1) is 11.3. The summed E-state index contributed by atoms with van der Waals surface area (Å²) in [6.07, 6.45) is -0.0599. The van der Waals surface area contributed by atoms with Gasteiger partial charge in [0.1, 0.15) is 12.4 Å². The van der Waals surface area contributed by atoms with Crippen LogP contribution in [0.1, 0.15) is 41.6 Å². The molecule has 0 aromatic heterocycles. The molecule has 25 heavy (non-hydrogen) atoms. The van der Waals surface area contributed by atoms with Gasteiger partial charge in [0.2, 0.25) is 0 Å². The van der Waals surface area contributed by atoms with Gasteiger partial charge in [-0.3, -0.25) is 4.79 Å². The molecular formula is C17H22ClF3N2O2. The molecule has 1 aromatic carbocycles. The highest BCUT2D eigenvalue weighted by Crippen LogP contribution is 2.33. The first kappa shape index (κ1) is 21.3. The third-order valence-corrected chi connectivity index (χ3v) is 4.02. The third-order valence-electron chi connectivity index (χ3n) is 4.02. The van der Waals surface area contributed by atoms with Gasteiger partial charge in [-0.2, -0.15) is 13.2 Å². The predicted molar refractivity (Wildman–Crippen MR) is 92.1 cm³/mol. The fourth-order valence-corrected chi connectivity index (χ4v) is 2.69. The van der Waals surface area contributed by atoms with E-state index in [1.54, 1.807) is 0 Å². The molecule has 1 aromatic rings. The molecule has 1 aliphatic rings. The molecule has 1 amide bonds. The lowest BCUT2D eigenvalue weighted by Crippen LogP contribution is -2.40. The molecular weight excluding hydrogens is 357 g/mol. The normalized spacial score (nSPS) is 20.3. The minimum Gasteiger partial charge on any atom is -0.489 e. The number of nitrogens with two attached hydrogens (primary N) is 1. The zero-order valence-electron chi connectivity index (χ0n) is 13.6. The lowest BCUT2D eigenvalue weighted by Gasteiger charge is -2.27. The number of hydrogen-bond acceptors (Lipinski definition) is 3. The fourth-order valence-electron chi connectivity index (χ4n) is 2.69. The minimum absolute atomic E-state index is 0. The van der Waals surface area contributed by atoms with E-state index in [4.69, 9.17) is 10.5 Å². The summed E-state index contributed by atoms with van der Waals surface area (Å²) in [5.41, 5.74) is 4.81. The second-order valence-electron chi connectivity index (χ2n) is 5.89. The highest BCUT2D eigenvalue weighted by Gasteiger charge is 2.32. The Kier molecular flexibility index (Phi) is 7.76. The number of carbonyl (C=O) groups excluding carboxylic acids is 1. The lowest BCUT2D eigenvalue weighted by molar-refractivity contribution is -0.137. The number of carbonyl (C=O) groups is 1. The maximum absolute atomic E-state index is 12.9. The van der Waals surface area contributed by atoms with Crippen LogP contribution >= 0.6 is 12.4 Å². The molecule has 4 nitrogen and oxygen atoms in total. The zero-order valence-corrected chi connectivity index (χ0v) is 14.5. The van der Waals surface area contributed by atoms with Gasteiger partial charge in [0.15, 0.2) is 0 Å². The molecule has 0 unspecified atom stereocenters. The van der Waals surface area contributed by atoms with Crippen molar-refractivity contribution in [3.8, 4) is 5.75 Å². The van der Waals surface area contributed by atoms with Gasteiger partial charge >= 0.3 is 6.18 Å². The average Bonchev–Trinajstić information content (AvgIpc) is 2.54. The number of rotatable bonds is 5. The summed E-state index contributed by atoms with van der Waals surface area (Å²) in [6.45, 7) is 3.59. The van der Waals surface area contributed by atoms with Gasteiger partial charge in [-0.05, 0) is 43.9 Å². The molecule has 140 valence electrons. The second kappa shape index (κ2) is 9.10. The molecule has 0 bridgehead atoms. The van der Waals surface area contributed by atoms with Crippen molar-refractivity contribution in [1.82, 2.24) is 5.32 Å². The summed E-state index contributed by atoms with van der Waals surface area (Å²) in [5.74, 6) is -0.464. The monoisotopic (exact) mass is 378 g/mol. The van der Waals surface area contributed by atoms with E-state index < -0.39 is 17.6 Å². The largest absolute Gasteiger partial charge is 0.489 e. The number of nitrogens with one attached hydrogen (secondary N) is 1. The standard InChI is InChI=1S/C17H21F3N2O2.ClH/c1-2-9-24-15-8-3-11(17(18,19)20)10-14(15)16(23)22-13-6-4-12(21)5-7-13;/h2-3,8,10,12-13H,1,4-7,9,21H2,(H,22,23);1H. The van der Waals surface area contributed by atoms with Gasteiger partial charge in [0, 0.05) is 12.1 Å². The number of ether oxygens (including phenoxy) is 1. The Balaban J connectivity index is 0.00000312. The SMILES string of the molecule is C=CCOc1ccc(C(F)(F)F)cc1C(=O)NC1CCC(N)CC1.Cl. The first-order valence-electron chi connectivity index (χ1n) is 7.82. The Morgan fingerprint density at radius 1 is 1.32 bits per heavy atom. The van der Waals surface area contributed by atoms with Crippen LogP contribution < -0.4 is 15.8 Å². The van der Waals surface area contributed by atoms with E-state index in [1.807, 2.05) is 0 Å². The number of alkyl halides is 3. The minimum atomic E-state index is -4.52. The van der Waals surface area contributed by atoms with Gasteiger partial charge < -0.3 is 15.8 Å². The van der Waals surface area contributed by atoms with Crippen LogP contribution in [0.3, 0.4) is 0 Å². The number of halogens is 4. The van der Waals surface area contributed by atoms with Crippen molar-refractivity contribution in [3.63, 3.8) is 0 Å². The van der Waals surface area contributed by atoms with Gasteiger partial charge in [0.25, 0.3) is 5.91 Å². The Bertz CT molecular complexity index is 600. The fraction of sp³-hybridized carbons (Fsp3) is 0.471. The van der Waals surface area contributed by atoms with E-state index in [0.717, 1.165) is 31.0 Å². The van der Waals surface area contributed by atoms with Crippen molar-refractivity contribution in [2.24, 2.45) is 5.73 Å². The smallest absolute Gasteiger partial charge is 0.416 e. The van der Waals surface area contributed by atoms with Gasteiger partial charge in [-0.1, -0.05) is 12.7 Å². The van der Waals surface area contributed by atoms with Crippen molar-refractivity contribution in [2.45, 2.75) is 43.9 Å². The Labute approximate surface area is 151 Å². The van der Waals surface area contributed by atoms with Crippen molar-refractivity contribution in [2.75, 3.05) is 6.61 Å². The summed E-state index contributed by atoms with van der Waals surface area (Å²) in [4.78, 5) is 12.4. The van der Waals surface area contributed by atoms with Crippen LogP contribution in [-0.2, 0) is 6.18 Å². The predicted octanol–water partition coefficient (Wildman–Crippen LogP) is 3.69. The molecule has 1 saturated carbocycles. The third kappa shape index (κ3) is 5.93. The van der Waals surface area contributed by atoms with Crippen molar-refractivity contribution in [3.05, 3.63) is 42.0 Å². The van der Waals surface area contributed by atoms with Gasteiger partial charge in [0.05, 0.1) is 11.1 Å².